The molecule has 4 aromatic rings. The van der Waals surface area contributed by atoms with Crippen molar-refractivity contribution in [3.05, 3.63) is 84.3 Å². The van der Waals surface area contributed by atoms with Crippen LogP contribution in [0.2, 0.25) is 0 Å². The van der Waals surface area contributed by atoms with Gasteiger partial charge in [0.25, 0.3) is 0 Å². The minimum Gasteiger partial charge on any atom is -0.505 e. The van der Waals surface area contributed by atoms with Crippen LogP contribution in [0, 0.1) is 12.7 Å². The van der Waals surface area contributed by atoms with Gasteiger partial charge in [0.05, 0.1) is 0 Å². The van der Waals surface area contributed by atoms with Crippen LogP contribution in [0.4, 0.5) is 4.39 Å². The van der Waals surface area contributed by atoms with Gasteiger partial charge in [0.15, 0.2) is 0 Å². The van der Waals surface area contributed by atoms with Gasteiger partial charge in [-0.15, -0.1) is 0 Å². The largest absolute Gasteiger partial charge is 0.505 e. The lowest BCUT2D eigenvalue weighted by Crippen LogP contribution is -1.92. The Balaban J connectivity index is 2.12. The Bertz CT molecular complexity index is 1090. The molecule has 4 rings (SSSR count). The maximum absolute atomic E-state index is 14.4. The molecule has 1 aromatic heterocycles. The van der Waals surface area contributed by atoms with Crippen molar-refractivity contribution in [2.45, 2.75) is 6.92 Å². The first-order valence-corrected chi connectivity index (χ1v) is 8.08. The number of benzene rings is 3. The molecule has 3 aromatic carbocycles. The predicted octanol–water partition coefficient (Wildman–Crippen LogP) is 5.72. The van der Waals surface area contributed by atoms with Crippen molar-refractivity contribution in [2.75, 3.05) is 0 Å². The highest BCUT2D eigenvalue weighted by atomic mass is 19.1. The smallest absolute Gasteiger partial charge is 0.149 e. The van der Waals surface area contributed by atoms with E-state index in [9.17, 15) is 9.50 Å². The molecule has 0 unspecified atom stereocenters. The quantitative estimate of drug-likeness (QED) is 0.510. The number of rotatable bonds is 2. The molecule has 0 bridgehead atoms. The lowest BCUT2D eigenvalue weighted by Gasteiger charge is -2.15. The summed E-state index contributed by atoms with van der Waals surface area (Å²) in [6.07, 6.45) is 1.63. The lowest BCUT2D eigenvalue weighted by atomic mass is 9.92. The SMILES string of the molecule is Cc1ccccc1-c1cc(-c2ccccc2F)c2cccnc2c1O. The first-order valence-electron chi connectivity index (χ1n) is 8.08. The topological polar surface area (TPSA) is 33.1 Å². The fourth-order valence-corrected chi connectivity index (χ4v) is 3.21. The van der Waals surface area contributed by atoms with Crippen molar-refractivity contribution in [2.24, 2.45) is 0 Å². The number of fused-ring (bicyclic) bond motifs is 1. The second-order valence-electron chi connectivity index (χ2n) is 6.01. The molecule has 2 nitrogen and oxygen atoms in total. The van der Waals surface area contributed by atoms with Crippen LogP contribution in [0.1, 0.15) is 5.56 Å². The van der Waals surface area contributed by atoms with E-state index in [1.807, 2.05) is 43.3 Å². The highest BCUT2D eigenvalue weighted by molar-refractivity contribution is 6.02. The third kappa shape index (κ3) is 2.54. The Kier molecular flexibility index (Phi) is 3.69. The van der Waals surface area contributed by atoms with Gasteiger partial charge in [-0.25, -0.2) is 4.39 Å². The molecule has 0 atom stereocenters. The molecule has 0 radical (unpaired) electrons. The molecule has 3 heteroatoms. The number of nitrogens with zero attached hydrogens (tertiary/aromatic N) is 1. The van der Waals surface area contributed by atoms with E-state index in [1.165, 1.54) is 6.07 Å². The van der Waals surface area contributed by atoms with Crippen LogP contribution in [0.5, 0.6) is 5.75 Å². The second-order valence-corrected chi connectivity index (χ2v) is 6.01. The average molecular weight is 329 g/mol. The summed E-state index contributed by atoms with van der Waals surface area (Å²) < 4.78 is 14.4. The van der Waals surface area contributed by atoms with Crippen molar-refractivity contribution in [1.29, 1.82) is 0 Å². The van der Waals surface area contributed by atoms with Gasteiger partial charge in [-0.3, -0.25) is 4.98 Å². The Morgan fingerprint density at radius 2 is 1.52 bits per heavy atom. The molecule has 0 aliphatic heterocycles. The van der Waals surface area contributed by atoms with Crippen LogP contribution >= 0.6 is 0 Å². The van der Waals surface area contributed by atoms with Crippen molar-refractivity contribution < 1.29 is 9.50 Å². The summed E-state index contributed by atoms with van der Waals surface area (Å²) in [5, 5.41) is 11.5. The van der Waals surface area contributed by atoms with E-state index in [1.54, 1.807) is 30.5 Å². The zero-order valence-electron chi connectivity index (χ0n) is 13.7. The van der Waals surface area contributed by atoms with E-state index < -0.39 is 0 Å². The third-order valence-corrected chi connectivity index (χ3v) is 4.47. The molecule has 0 aliphatic rings. The zero-order chi connectivity index (χ0) is 17.4. The molecule has 122 valence electrons. The Hall–Kier alpha value is -3.20. The Morgan fingerprint density at radius 1 is 0.800 bits per heavy atom. The fourth-order valence-electron chi connectivity index (χ4n) is 3.21. The van der Waals surface area contributed by atoms with Crippen molar-refractivity contribution in [1.82, 2.24) is 4.98 Å². The number of hydrogen-bond donors (Lipinski definition) is 1. The number of aromatic nitrogens is 1. The first-order chi connectivity index (χ1) is 12.2. The standard InChI is InChI=1S/C22H16FNO/c1-14-7-2-3-8-15(14)19-13-18(16-9-4-5-11-20(16)23)17-10-6-12-24-21(17)22(19)25/h2-13,25H,1H3. The van der Waals surface area contributed by atoms with Crippen LogP contribution in [-0.4, -0.2) is 10.1 Å². The van der Waals surface area contributed by atoms with Crippen LogP contribution in [-0.2, 0) is 0 Å². The summed E-state index contributed by atoms with van der Waals surface area (Å²) in [5.74, 6) is -0.181. The summed E-state index contributed by atoms with van der Waals surface area (Å²) in [6.45, 7) is 1.99. The maximum atomic E-state index is 14.4. The second kappa shape index (κ2) is 6.02. The van der Waals surface area contributed by atoms with Crippen molar-refractivity contribution >= 4 is 10.9 Å². The zero-order valence-corrected chi connectivity index (χ0v) is 13.7. The molecule has 0 spiro atoms. The minimum absolute atomic E-state index is 0.116. The summed E-state index contributed by atoms with van der Waals surface area (Å²) in [6, 6.07) is 20.0. The van der Waals surface area contributed by atoms with Gasteiger partial charge in [0.2, 0.25) is 0 Å². The van der Waals surface area contributed by atoms with Gasteiger partial charge in [0, 0.05) is 22.7 Å². The van der Waals surface area contributed by atoms with Crippen LogP contribution in [0.15, 0.2) is 72.9 Å². The van der Waals surface area contributed by atoms with Gasteiger partial charge in [-0.1, -0.05) is 48.5 Å². The number of aryl methyl sites for hydroxylation is 1. The van der Waals surface area contributed by atoms with Crippen molar-refractivity contribution in [3.8, 4) is 28.0 Å². The molecule has 1 N–H and O–H groups in total. The molecule has 25 heavy (non-hydrogen) atoms. The summed E-state index contributed by atoms with van der Waals surface area (Å²) in [5.41, 5.74) is 4.29. The molecule has 1 heterocycles. The summed E-state index contributed by atoms with van der Waals surface area (Å²) in [4.78, 5) is 4.34. The van der Waals surface area contributed by atoms with Crippen LogP contribution in [0.25, 0.3) is 33.2 Å². The summed E-state index contributed by atoms with van der Waals surface area (Å²) >= 11 is 0. The van der Waals surface area contributed by atoms with E-state index in [2.05, 4.69) is 4.98 Å². The molecule has 0 aliphatic carbocycles. The fraction of sp³-hybridized carbons (Fsp3) is 0.0455. The predicted molar refractivity (Wildman–Crippen MR) is 99.0 cm³/mol. The normalized spacial score (nSPS) is 11.0. The third-order valence-electron chi connectivity index (χ3n) is 4.47. The van der Waals surface area contributed by atoms with Gasteiger partial charge < -0.3 is 5.11 Å². The monoisotopic (exact) mass is 329 g/mol. The number of halogens is 1. The Morgan fingerprint density at radius 3 is 2.28 bits per heavy atom. The van der Waals surface area contributed by atoms with Gasteiger partial charge in [-0.2, -0.15) is 0 Å². The summed E-state index contributed by atoms with van der Waals surface area (Å²) in [7, 11) is 0. The Labute approximate surface area is 145 Å². The van der Waals surface area contributed by atoms with E-state index in [4.69, 9.17) is 0 Å². The number of hydrogen-bond acceptors (Lipinski definition) is 2. The molecular weight excluding hydrogens is 313 g/mol. The maximum Gasteiger partial charge on any atom is 0.149 e. The van der Waals surface area contributed by atoms with Gasteiger partial charge in [-0.05, 0) is 41.8 Å². The van der Waals surface area contributed by atoms with Crippen molar-refractivity contribution in [3.63, 3.8) is 0 Å². The van der Waals surface area contributed by atoms with E-state index >= 15 is 0 Å². The van der Waals surface area contributed by atoms with E-state index in [-0.39, 0.29) is 11.6 Å². The van der Waals surface area contributed by atoms with Gasteiger partial charge in [0.1, 0.15) is 17.1 Å². The molecular formula is C22H16FNO. The minimum atomic E-state index is -0.297. The van der Waals surface area contributed by atoms with Crippen LogP contribution < -0.4 is 0 Å². The highest BCUT2D eigenvalue weighted by Crippen LogP contribution is 2.42. The molecule has 0 amide bonds. The lowest BCUT2D eigenvalue weighted by molar-refractivity contribution is 0.482. The molecule has 0 fully saturated rings. The van der Waals surface area contributed by atoms with E-state index in [0.29, 0.717) is 16.6 Å². The number of pyridine rings is 1. The first kappa shape index (κ1) is 15.3. The van der Waals surface area contributed by atoms with E-state index in [0.717, 1.165) is 22.1 Å². The number of phenols is 1. The molecule has 0 saturated heterocycles. The average Bonchev–Trinajstić information content (AvgIpc) is 2.64. The number of phenolic OH excluding ortho intramolecular Hbond substituents is 1. The molecule has 0 saturated carbocycles. The number of aromatic hydroxyl groups is 1. The van der Waals surface area contributed by atoms with Crippen LogP contribution in [0.3, 0.4) is 0 Å². The van der Waals surface area contributed by atoms with Gasteiger partial charge >= 0.3 is 0 Å². The highest BCUT2D eigenvalue weighted by Gasteiger charge is 2.17.